The van der Waals surface area contributed by atoms with Gasteiger partial charge in [0, 0.05) is 4.90 Å². The molecule has 22 heavy (non-hydrogen) atoms. The zero-order chi connectivity index (χ0) is 15.7. The second-order valence-electron chi connectivity index (χ2n) is 5.08. The molecule has 2 aromatic carbocycles. The summed E-state index contributed by atoms with van der Waals surface area (Å²) < 4.78 is 1.09. The molecule has 1 N–H and O–H groups in total. The first-order valence-electron chi connectivity index (χ1n) is 6.90. The van der Waals surface area contributed by atoms with Gasteiger partial charge in [0.25, 0.3) is 5.91 Å². The van der Waals surface area contributed by atoms with Crippen LogP contribution in [0.25, 0.3) is 10.2 Å². The molecular formula is C17H16N2OS2. The predicted molar refractivity (Wildman–Crippen MR) is 95.3 cm³/mol. The molecule has 0 atom stereocenters. The van der Waals surface area contributed by atoms with Crippen LogP contribution in [0.4, 0.5) is 5.13 Å². The number of benzene rings is 2. The molecule has 0 saturated carbocycles. The van der Waals surface area contributed by atoms with E-state index in [1.54, 1.807) is 11.8 Å². The number of anilines is 1. The summed E-state index contributed by atoms with van der Waals surface area (Å²) >= 11 is 3.07. The SMILES string of the molecule is CSc1ccccc1C(=O)Nc1nc2cc(C)c(C)cc2s1. The fourth-order valence-electron chi connectivity index (χ4n) is 2.23. The number of aryl methyl sites for hydroxylation is 2. The van der Waals surface area contributed by atoms with Crippen molar-refractivity contribution in [3.05, 3.63) is 53.1 Å². The first kappa shape index (κ1) is 15.1. The quantitative estimate of drug-likeness (QED) is 0.696. The molecular weight excluding hydrogens is 312 g/mol. The van der Waals surface area contributed by atoms with Crippen LogP contribution in [0.15, 0.2) is 41.3 Å². The van der Waals surface area contributed by atoms with Crippen LogP contribution in [0.1, 0.15) is 21.5 Å². The number of hydrogen-bond acceptors (Lipinski definition) is 4. The zero-order valence-electron chi connectivity index (χ0n) is 12.6. The third kappa shape index (κ3) is 2.87. The van der Waals surface area contributed by atoms with Crippen molar-refractivity contribution in [2.24, 2.45) is 0 Å². The Labute approximate surface area is 137 Å². The third-order valence-corrected chi connectivity index (χ3v) is 5.31. The van der Waals surface area contributed by atoms with Crippen LogP contribution in [0.2, 0.25) is 0 Å². The number of nitrogens with zero attached hydrogens (tertiary/aromatic N) is 1. The van der Waals surface area contributed by atoms with Crippen molar-refractivity contribution >= 4 is 44.4 Å². The van der Waals surface area contributed by atoms with Crippen molar-refractivity contribution in [3.63, 3.8) is 0 Å². The normalized spacial score (nSPS) is 10.9. The van der Waals surface area contributed by atoms with Crippen LogP contribution in [0, 0.1) is 13.8 Å². The summed E-state index contributed by atoms with van der Waals surface area (Å²) in [6, 6.07) is 11.8. The summed E-state index contributed by atoms with van der Waals surface area (Å²) in [5, 5.41) is 3.56. The van der Waals surface area contributed by atoms with Crippen LogP contribution < -0.4 is 5.32 Å². The van der Waals surface area contributed by atoms with E-state index in [4.69, 9.17) is 0 Å². The summed E-state index contributed by atoms with van der Waals surface area (Å²) in [6.07, 6.45) is 1.97. The molecule has 1 heterocycles. The maximum atomic E-state index is 12.4. The van der Waals surface area contributed by atoms with Crippen LogP contribution in [-0.4, -0.2) is 17.1 Å². The molecule has 3 aromatic rings. The number of carbonyl (C=O) groups is 1. The monoisotopic (exact) mass is 328 g/mol. The van der Waals surface area contributed by atoms with Gasteiger partial charge in [0.2, 0.25) is 0 Å². The van der Waals surface area contributed by atoms with E-state index in [0.717, 1.165) is 15.1 Å². The van der Waals surface area contributed by atoms with Gasteiger partial charge in [0.1, 0.15) is 0 Å². The number of rotatable bonds is 3. The lowest BCUT2D eigenvalue weighted by atomic mass is 10.1. The summed E-state index contributed by atoms with van der Waals surface area (Å²) in [6.45, 7) is 4.16. The lowest BCUT2D eigenvalue weighted by Crippen LogP contribution is -2.12. The van der Waals surface area contributed by atoms with E-state index in [1.807, 2.05) is 30.5 Å². The molecule has 112 valence electrons. The smallest absolute Gasteiger partial charge is 0.258 e. The zero-order valence-corrected chi connectivity index (χ0v) is 14.3. The number of carbonyl (C=O) groups excluding carboxylic acids is 1. The molecule has 0 unspecified atom stereocenters. The number of amides is 1. The molecule has 0 bridgehead atoms. The Hall–Kier alpha value is -1.85. The highest BCUT2D eigenvalue weighted by Crippen LogP contribution is 2.29. The minimum absolute atomic E-state index is 0.113. The Morgan fingerprint density at radius 2 is 1.91 bits per heavy atom. The lowest BCUT2D eigenvalue weighted by Gasteiger charge is -2.05. The lowest BCUT2D eigenvalue weighted by molar-refractivity contribution is 0.102. The average Bonchev–Trinajstić information content (AvgIpc) is 2.88. The van der Waals surface area contributed by atoms with Gasteiger partial charge < -0.3 is 0 Å². The second kappa shape index (κ2) is 6.10. The van der Waals surface area contributed by atoms with Gasteiger partial charge in [-0.1, -0.05) is 23.5 Å². The molecule has 0 aliphatic heterocycles. The van der Waals surface area contributed by atoms with Crippen molar-refractivity contribution in [1.29, 1.82) is 0 Å². The fraction of sp³-hybridized carbons (Fsp3) is 0.176. The van der Waals surface area contributed by atoms with Gasteiger partial charge in [0.05, 0.1) is 15.8 Å². The summed E-state index contributed by atoms with van der Waals surface area (Å²) in [5.74, 6) is -0.113. The number of aromatic nitrogens is 1. The molecule has 0 fully saturated rings. The molecule has 0 aliphatic rings. The highest BCUT2D eigenvalue weighted by molar-refractivity contribution is 7.98. The minimum Gasteiger partial charge on any atom is -0.298 e. The largest absolute Gasteiger partial charge is 0.298 e. The van der Waals surface area contributed by atoms with Gasteiger partial charge in [-0.25, -0.2) is 4.98 Å². The number of thiazole rings is 1. The van der Waals surface area contributed by atoms with Crippen LogP contribution in [0.5, 0.6) is 0 Å². The Morgan fingerprint density at radius 3 is 2.68 bits per heavy atom. The van der Waals surface area contributed by atoms with Gasteiger partial charge >= 0.3 is 0 Å². The minimum atomic E-state index is -0.113. The van der Waals surface area contributed by atoms with E-state index in [0.29, 0.717) is 10.7 Å². The van der Waals surface area contributed by atoms with Crippen LogP contribution >= 0.6 is 23.1 Å². The van der Waals surface area contributed by atoms with Gasteiger partial charge in [-0.15, -0.1) is 11.8 Å². The number of thioether (sulfide) groups is 1. The number of nitrogens with one attached hydrogen (secondary N) is 1. The van der Waals surface area contributed by atoms with Gasteiger partial charge in [-0.3, -0.25) is 10.1 Å². The van der Waals surface area contributed by atoms with Gasteiger partial charge in [-0.05, 0) is 55.5 Å². The Bertz CT molecular complexity index is 816. The highest BCUT2D eigenvalue weighted by Gasteiger charge is 2.13. The topological polar surface area (TPSA) is 42.0 Å². The van der Waals surface area contributed by atoms with E-state index in [9.17, 15) is 4.79 Å². The molecule has 0 radical (unpaired) electrons. The molecule has 0 saturated heterocycles. The maximum Gasteiger partial charge on any atom is 0.258 e. The van der Waals surface area contributed by atoms with E-state index in [-0.39, 0.29) is 5.91 Å². The van der Waals surface area contributed by atoms with Crippen molar-refractivity contribution in [2.45, 2.75) is 18.7 Å². The van der Waals surface area contributed by atoms with Crippen LogP contribution in [0.3, 0.4) is 0 Å². The molecule has 1 amide bonds. The first-order chi connectivity index (χ1) is 10.6. The average molecular weight is 328 g/mol. The standard InChI is InChI=1S/C17H16N2OS2/c1-10-8-13-15(9-11(10)2)22-17(18-13)19-16(20)12-6-4-5-7-14(12)21-3/h4-9H,1-3H3,(H,18,19,20). The molecule has 3 rings (SSSR count). The Balaban J connectivity index is 1.91. The van der Waals surface area contributed by atoms with Gasteiger partial charge in [0.15, 0.2) is 5.13 Å². The van der Waals surface area contributed by atoms with E-state index in [1.165, 1.54) is 22.5 Å². The molecule has 5 heteroatoms. The Kier molecular flexibility index (Phi) is 4.18. The molecule has 1 aromatic heterocycles. The van der Waals surface area contributed by atoms with E-state index in [2.05, 4.69) is 36.3 Å². The Morgan fingerprint density at radius 1 is 1.18 bits per heavy atom. The van der Waals surface area contributed by atoms with Crippen molar-refractivity contribution in [2.75, 3.05) is 11.6 Å². The third-order valence-electron chi connectivity index (χ3n) is 3.58. The fourth-order valence-corrected chi connectivity index (χ4v) is 3.77. The van der Waals surface area contributed by atoms with Crippen molar-refractivity contribution in [1.82, 2.24) is 4.98 Å². The highest BCUT2D eigenvalue weighted by atomic mass is 32.2. The molecule has 0 aliphatic carbocycles. The van der Waals surface area contributed by atoms with E-state index >= 15 is 0 Å². The van der Waals surface area contributed by atoms with Gasteiger partial charge in [-0.2, -0.15) is 0 Å². The number of hydrogen-bond donors (Lipinski definition) is 1. The predicted octanol–water partition coefficient (Wildman–Crippen LogP) is 4.89. The molecule has 3 nitrogen and oxygen atoms in total. The molecule has 0 spiro atoms. The summed E-state index contributed by atoms with van der Waals surface area (Å²) in [7, 11) is 0. The summed E-state index contributed by atoms with van der Waals surface area (Å²) in [5.41, 5.74) is 4.06. The maximum absolute atomic E-state index is 12.4. The van der Waals surface area contributed by atoms with E-state index < -0.39 is 0 Å². The van der Waals surface area contributed by atoms with Crippen molar-refractivity contribution in [3.8, 4) is 0 Å². The summed E-state index contributed by atoms with van der Waals surface area (Å²) in [4.78, 5) is 17.9. The number of fused-ring (bicyclic) bond motifs is 1. The second-order valence-corrected chi connectivity index (χ2v) is 6.96. The van der Waals surface area contributed by atoms with Crippen LogP contribution in [-0.2, 0) is 0 Å². The van der Waals surface area contributed by atoms with Crippen molar-refractivity contribution < 1.29 is 4.79 Å². The first-order valence-corrected chi connectivity index (χ1v) is 8.95.